The van der Waals surface area contributed by atoms with Crippen molar-refractivity contribution in [1.29, 1.82) is 0 Å². The second-order valence-corrected chi connectivity index (χ2v) is 7.05. The van der Waals surface area contributed by atoms with Crippen molar-refractivity contribution >= 4 is 17.6 Å². The zero-order valence-corrected chi connectivity index (χ0v) is 16.7. The molecule has 0 saturated carbocycles. The van der Waals surface area contributed by atoms with Gasteiger partial charge in [-0.25, -0.2) is 4.79 Å². The lowest BCUT2D eigenvalue weighted by atomic mass is 9.83. The fourth-order valence-electron chi connectivity index (χ4n) is 4.01. The molecule has 0 fully saturated rings. The van der Waals surface area contributed by atoms with Crippen LogP contribution in [0.15, 0.2) is 53.7 Å². The van der Waals surface area contributed by atoms with Crippen LogP contribution in [0.3, 0.4) is 0 Å². The van der Waals surface area contributed by atoms with E-state index in [1.54, 1.807) is 31.3 Å². The molecule has 0 aromatic heterocycles. The fourth-order valence-corrected chi connectivity index (χ4v) is 4.01. The molecule has 2 aromatic rings. The van der Waals surface area contributed by atoms with Gasteiger partial charge in [0.2, 0.25) is 5.91 Å². The Morgan fingerprint density at radius 2 is 1.83 bits per heavy atom. The summed E-state index contributed by atoms with van der Waals surface area (Å²) in [5, 5.41) is 0. The van der Waals surface area contributed by atoms with E-state index in [0.29, 0.717) is 22.8 Å². The molecule has 0 spiro atoms. The van der Waals surface area contributed by atoms with E-state index in [1.807, 2.05) is 30.3 Å². The lowest BCUT2D eigenvalue weighted by molar-refractivity contribution is -0.136. The Labute approximate surface area is 169 Å². The van der Waals surface area contributed by atoms with E-state index in [9.17, 15) is 9.59 Å². The summed E-state index contributed by atoms with van der Waals surface area (Å²) in [4.78, 5) is 27.4. The second-order valence-electron chi connectivity index (χ2n) is 7.05. The summed E-state index contributed by atoms with van der Waals surface area (Å²) >= 11 is 0. The number of amides is 1. The first-order valence-electron chi connectivity index (χ1n) is 9.61. The molecule has 0 N–H and O–H groups in total. The van der Waals surface area contributed by atoms with Gasteiger partial charge in [-0.2, -0.15) is 0 Å². The first kappa shape index (κ1) is 19.1. The van der Waals surface area contributed by atoms with E-state index in [4.69, 9.17) is 14.2 Å². The van der Waals surface area contributed by atoms with Crippen LogP contribution in [0.4, 0.5) is 5.69 Å². The van der Waals surface area contributed by atoms with Crippen molar-refractivity contribution in [3.05, 3.63) is 64.9 Å². The number of methoxy groups -OCH3 is 2. The molecule has 1 amide bonds. The zero-order chi connectivity index (χ0) is 20.5. The third-order valence-electron chi connectivity index (χ3n) is 5.54. The highest BCUT2D eigenvalue weighted by Gasteiger charge is 2.43. The van der Waals surface area contributed by atoms with Gasteiger partial charge in [0.15, 0.2) is 0 Å². The second kappa shape index (κ2) is 7.62. The Hall–Kier alpha value is -3.28. The zero-order valence-electron chi connectivity index (χ0n) is 16.7. The maximum absolute atomic E-state index is 13.2. The number of esters is 1. The molecule has 6 nitrogen and oxygen atoms in total. The maximum atomic E-state index is 13.2. The summed E-state index contributed by atoms with van der Waals surface area (Å²) in [6, 6.07) is 13.2. The first-order valence-corrected chi connectivity index (χ1v) is 9.61. The monoisotopic (exact) mass is 393 g/mol. The van der Waals surface area contributed by atoms with E-state index < -0.39 is 5.92 Å². The van der Waals surface area contributed by atoms with E-state index in [-0.39, 0.29) is 24.9 Å². The molecule has 2 aliphatic heterocycles. The molecule has 29 heavy (non-hydrogen) atoms. The van der Waals surface area contributed by atoms with Crippen LogP contribution in [0, 0.1) is 0 Å². The molecule has 150 valence electrons. The Balaban J connectivity index is 1.80. The summed E-state index contributed by atoms with van der Waals surface area (Å²) in [5.41, 5.74) is 3.84. The van der Waals surface area contributed by atoms with Crippen molar-refractivity contribution in [2.24, 2.45) is 0 Å². The van der Waals surface area contributed by atoms with Crippen molar-refractivity contribution < 1.29 is 23.8 Å². The predicted molar refractivity (Wildman–Crippen MR) is 108 cm³/mol. The Kier molecular flexibility index (Phi) is 5.01. The molecule has 0 bridgehead atoms. The predicted octanol–water partition coefficient (Wildman–Crippen LogP) is 3.60. The highest BCUT2D eigenvalue weighted by molar-refractivity contribution is 6.06. The minimum Gasteiger partial charge on any atom is -0.497 e. The molecule has 0 radical (unpaired) electrons. The van der Waals surface area contributed by atoms with E-state index in [1.165, 1.54) is 5.56 Å². The minimum atomic E-state index is -0.417. The number of benzene rings is 2. The van der Waals surface area contributed by atoms with Crippen LogP contribution in [0.1, 0.15) is 30.4 Å². The van der Waals surface area contributed by atoms with Crippen LogP contribution in [-0.4, -0.2) is 32.7 Å². The molecular formula is C23H23NO5. The number of cyclic esters (lactones) is 1. The molecule has 6 heteroatoms. The number of nitrogens with zero attached hydrogens (tertiary/aromatic N) is 1. The minimum absolute atomic E-state index is 0.0748. The number of hydrogen-bond acceptors (Lipinski definition) is 5. The smallest absolute Gasteiger partial charge is 0.336 e. The van der Waals surface area contributed by atoms with Gasteiger partial charge in [0.05, 0.1) is 25.5 Å². The molecule has 2 aliphatic rings. The Bertz CT molecular complexity index is 993. The fraction of sp³-hybridized carbons (Fsp3) is 0.304. The highest BCUT2D eigenvalue weighted by atomic mass is 16.5. The van der Waals surface area contributed by atoms with Gasteiger partial charge in [0.25, 0.3) is 0 Å². The van der Waals surface area contributed by atoms with Crippen LogP contribution < -0.4 is 14.4 Å². The Morgan fingerprint density at radius 3 is 2.48 bits per heavy atom. The van der Waals surface area contributed by atoms with E-state index in [0.717, 1.165) is 17.7 Å². The average molecular weight is 393 g/mol. The van der Waals surface area contributed by atoms with Crippen LogP contribution in [-0.2, 0) is 20.7 Å². The Morgan fingerprint density at radius 1 is 1.07 bits per heavy atom. The number of rotatable bonds is 5. The summed E-state index contributed by atoms with van der Waals surface area (Å²) in [7, 11) is 3.14. The molecule has 0 saturated heterocycles. The molecule has 2 aromatic carbocycles. The normalized spacial score (nSPS) is 18.6. The van der Waals surface area contributed by atoms with Gasteiger partial charge in [0, 0.05) is 29.7 Å². The molecule has 4 rings (SSSR count). The number of aryl methyl sites for hydroxylation is 1. The van der Waals surface area contributed by atoms with Crippen molar-refractivity contribution in [3.63, 3.8) is 0 Å². The van der Waals surface area contributed by atoms with Gasteiger partial charge in [-0.15, -0.1) is 0 Å². The molecule has 0 unspecified atom stereocenters. The van der Waals surface area contributed by atoms with E-state index >= 15 is 0 Å². The summed E-state index contributed by atoms with van der Waals surface area (Å²) in [5.74, 6) is 0.349. The van der Waals surface area contributed by atoms with Gasteiger partial charge in [-0.1, -0.05) is 25.1 Å². The molecule has 0 aliphatic carbocycles. The summed E-state index contributed by atoms with van der Waals surface area (Å²) in [6.45, 7) is 2.17. The van der Waals surface area contributed by atoms with Gasteiger partial charge in [0.1, 0.15) is 18.1 Å². The molecule has 2 heterocycles. The van der Waals surface area contributed by atoms with Gasteiger partial charge in [-0.3, -0.25) is 9.69 Å². The first-order chi connectivity index (χ1) is 14.1. The SMILES string of the molecule is CCc1ccc(N2C(=O)C[C@H](c3ccc(OC)cc3OC)C3=C2COC3=O)cc1. The number of carbonyl (C=O) groups is 2. The van der Waals surface area contributed by atoms with Gasteiger partial charge >= 0.3 is 5.97 Å². The molecular weight excluding hydrogens is 370 g/mol. The van der Waals surface area contributed by atoms with E-state index in [2.05, 4.69) is 6.92 Å². The topological polar surface area (TPSA) is 65.1 Å². The lowest BCUT2D eigenvalue weighted by Crippen LogP contribution is -2.37. The van der Waals surface area contributed by atoms with Gasteiger partial charge in [-0.05, 0) is 30.2 Å². The van der Waals surface area contributed by atoms with Crippen molar-refractivity contribution in [2.75, 3.05) is 25.7 Å². The number of hydrogen-bond donors (Lipinski definition) is 0. The number of carbonyl (C=O) groups excluding carboxylic acids is 2. The number of ether oxygens (including phenoxy) is 3. The highest BCUT2D eigenvalue weighted by Crippen LogP contribution is 2.45. The summed E-state index contributed by atoms with van der Waals surface area (Å²) < 4.78 is 16.1. The van der Waals surface area contributed by atoms with Gasteiger partial charge < -0.3 is 14.2 Å². The van der Waals surface area contributed by atoms with Crippen molar-refractivity contribution in [2.45, 2.75) is 25.7 Å². The van der Waals surface area contributed by atoms with Crippen molar-refractivity contribution in [1.82, 2.24) is 0 Å². The standard InChI is InChI=1S/C23H23NO5/c1-4-14-5-7-15(8-6-14)24-19-13-29-23(26)22(19)18(12-21(24)25)17-10-9-16(27-2)11-20(17)28-3/h5-11,18H,4,12-13H2,1-3H3/t18-/m1/s1. The van der Waals surface area contributed by atoms with Crippen LogP contribution in [0.2, 0.25) is 0 Å². The largest absolute Gasteiger partial charge is 0.497 e. The van der Waals surface area contributed by atoms with Crippen molar-refractivity contribution in [3.8, 4) is 11.5 Å². The third kappa shape index (κ3) is 3.24. The summed E-state index contributed by atoms with van der Waals surface area (Å²) in [6.07, 6.45) is 1.08. The lowest BCUT2D eigenvalue weighted by Gasteiger charge is -2.32. The van der Waals surface area contributed by atoms with Crippen LogP contribution >= 0.6 is 0 Å². The molecule has 1 atom stereocenters. The van der Waals surface area contributed by atoms with Crippen LogP contribution in [0.5, 0.6) is 11.5 Å². The average Bonchev–Trinajstić information content (AvgIpc) is 3.14. The third-order valence-corrected chi connectivity index (χ3v) is 5.54. The van der Waals surface area contributed by atoms with Crippen LogP contribution in [0.25, 0.3) is 0 Å². The quantitative estimate of drug-likeness (QED) is 0.727. The number of anilines is 1. The maximum Gasteiger partial charge on any atom is 0.336 e.